The predicted molar refractivity (Wildman–Crippen MR) is 222 cm³/mol. The first-order valence-corrected chi connectivity index (χ1v) is 22.0. The molecule has 5 N–H and O–H groups in total. The number of halogens is 1. The number of likely N-dealkylation sites (tertiary alicyclic amines) is 1. The number of carbonyl (C=O) groups excluding carboxylic acids is 3. The summed E-state index contributed by atoms with van der Waals surface area (Å²) in [5.41, 5.74) is 4.34. The molecular formula is C39H52FN9O9S2. The molecule has 1 aliphatic rings. The summed E-state index contributed by atoms with van der Waals surface area (Å²) < 4.78 is 69.2. The number of anilines is 2. The first-order chi connectivity index (χ1) is 27.8. The van der Waals surface area contributed by atoms with Crippen LogP contribution in [0.5, 0.6) is 0 Å². The van der Waals surface area contributed by atoms with E-state index in [2.05, 4.69) is 20.8 Å². The van der Waals surface area contributed by atoms with Crippen molar-refractivity contribution in [1.82, 2.24) is 33.9 Å². The molecule has 326 valence electrons. The zero-order valence-corrected chi connectivity index (χ0v) is 36.7. The molecule has 5 amide bonds. The molecular weight excluding hydrogens is 822 g/mol. The molecule has 0 bridgehead atoms. The van der Waals surface area contributed by atoms with Gasteiger partial charge in [0.1, 0.15) is 17.6 Å². The summed E-state index contributed by atoms with van der Waals surface area (Å²) >= 11 is 0. The molecule has 0 spiro atoms. The number of aromatic carboxylic acids is 1. The van der Waals surface area contributed by atoms with E-state index in [-0.39, 0.29) is 48.1 Å². The van der Waals surface area contributed by atoms with E-state index in [4.69, 9.17) is 5.11 Å². The minimum absolute atomic E-state index is 0.00932. The number of nitrogens with one attached hydrogen (secondary N) is 4. The number of hydrogen-bond acceptors (Lipinski definition) is 10. The molecule has 18 nitrogen and oxygen atoms in total. The number of nitrogens with zero attached hydrogens (tertiary/aromatic N) is 5. The zero-order chi connectivity index (χ0) is 45.0. The van der Waals surface area contributed by atoms with Crippen LogP contribution in [0.4, 0.5) is 25.4 Å². The monoisotopic (exact) mass is 873 g/mol. The minimum atomic E-state index is -4.34. The van der Waals surface area contributed by atoms with Crippen molar-refractivity contribution in [3.8, 4) is 0 Å². The number of aryl methyl sites for hydroxylation is 2. The van der Waals surface area contributed by atoms with Crippen LogP contribution in [0.25, 0.3) is 0 Å². The van der Waals surface area contributed by atoms with Crippen molar-refractivity contribution in [2.45, 2.75) is 95.3 Å². The second-order valence-corrected chi connectivity index (χ2v) is 18.7. The zero-order valence-electron chi connectivity index (χ0n) is 35.1. The van der Waals surface area contributed by atoms with Gasteiger partial charge in [0.05, 0.1) is 13.1 Å². The number of rotatable bonds is 12. The third-order valence-corrected chi connectivity index (χ3v) is 11.9. The largest absolute Gasteiger partial charge is 0.477 e. The van der Waals surface area contributed by atoms with Gasteiger partial charge in [-0.15, -0.1) is 0 Å². The van der Waals surface area contributed by atoms with E-state index in [9.17, 15) is 40.4 Å². The molecule has 1 saturated heterocycles. The van der Waals surface area contributed by atoms with Crippen molar-refractivity contribution >= 4 is 55.4 Å². The van der Waals surface area contributed by atoms with Gasteiger partial charge in [-0.2, -0.15) is 27.0 Å². The van der Waals surface area contributed by atoms with Gasteiger partial charge in [0.25, 0.3) is 26.0 Å². The summed E-state index contributed by atoms with van der Waals surface area (Å²) in [6.45, 7) is 15.7. The average molecular weight is 874 g/mol. The molecule has 1 fully saturated rings. The lowest BCUT2D eigenvalue weighted by molar-refractivity contribution is 0.0389. The Morgan fingerprint density at radius 1 is 0.650 bits per heavy atom. The maximum atomic E-state index is 13.1. The number of urea groups is 2. The third kappa shape index (κ3) is 10.9. The Bertz CT molecular complexity index is 2440. The summed E-state index contributed by atoms with van der Waals surface area (Å²) in [5.74, 6) is -1.41. The maximum Gasteiger partial charge on any atom is 0.354 e. The van der Waals surface area contributed by atoms with Gasteiger partial charge >= 0.3 is 18.0 Å². The van der Waals surface area contributed by atoms with Gasteiger partial charge < -0.3 is 20.6 Å². The molecule has 5 rings (SSSR count). The normalized spacial score (nSPS) is 13.2. The Morgan fingerprint density at radius 2 is 0.983 bits per heavy atom. The molecule has 0 aliphatic carbocycles. The van der Waals surface area contributed by atoms with Crippen LogP contribution in [0.15, 0.2) is 58.6 Å². The molecule has 21 heteroatoms. The summed E-state index contributed by atoms with van der Waals surface area (Å²) in [7, 11) is -5.97. The second-order valence-electron chi connectivity index (χ2n) is 15.5. The molecule has 0 radical (unpaired) electrons. The average Bonchev–Trinajstić information content (AvgIpc) is 3.73. The number of para-hydroxylation sites is 2. The summed E-state index contributed by atoms with van der Waals surface area (Å²) in [6, 6.07) is 11.4. The van der Waals surface area contributed by atoms with Gasteiger partial charge in [-0.25, -0.2) is 28.2 Å². The number of benzene rings is 2. The summed E-state index contributed by atoms with van der Waals surface area (Å²) in [4.78, 5) is 49.8. The number of carboxylic acid groups (broad SMARTS) is 1. The van der Waals surface area contributed by atoms with Crippen LogP contribution in [0.1, 0.15) is 122 Å². The lowest BCUT2D eigenvalue weighted by atomic mass is 9.93. The first kappa shape index (κ1) is 46.9. The maximum absolute atomic E-state index is 13.1. The minimum Gasteiger partial charge on any atom is -0.477 e. The van der Waals surface area contributed by atoms with Crippen LogP contribution in [0.3, 0.4) is 0 Å². The van der Waals surface area contributed by atoms with Crippen LogP contribution in [-0.4, -0.2) is 89.6 Å². The van der Waals surface area contributed by atoms with E-state index in [1.165, 1.54) is 19.0 Å². The summed E-state index contributed by atoms with van der Waals surface area (Å²) in [5, 5.41) is 20.8. The van der Waals surface area contributed by atoms with Crippen molar-refractivity contribution in [2.24, 2.45) is 14.1 Å². The van der Waals surface area contributed by atoms with Crippen molar-refractivity contribution in [3.05, 3.63) is 82.2 Å². The van der Waals surface area contributed by atoms with Crippen molar-refractivity contribution in [3.63, 3.8) is 0 Å². The Hall–Kier alpha value is -5.83. The van der Waals surface area contributed by atoms with Gasteiger partial charge in [-0.3, -0.25) is 14.2 Å². The topological polar surface area (TPSA) is 244 Å². The molecule has 1 aliphatic heterocycles. The number of aromatic nitrogens is 4. The lowest BCUT2D eigenvalue weighted by Gasteiger charge is -2.34. The highest BCUT2D eigenvalue weighted by Crippen LogP contribution is 2.34. The van der Waals surface area contributed by atoms with Crippen LogP contribution in [0, 0.1) is 0 Å². The van der Waals surface area contributed by atoms with E-state index < -0.39 is 60.2 Å². The molecule has 2 aromatic heterocycles. The molecule has 0 atom stereocenters. The standard InChI is InChI=1S/C21H28FN5O4S.C18H24N4O5S/c1-12(2)15-7-6-8-16(13(3)4)19(15)23-21(29)25-32(30,31)18-9-17(26(5)24-18)20(28)27-10-14(22)11-27;1-10(2)12-7-6-8-13(11(3)4)16(12)19-18(25)21-28(26,27)15-9-14(17(23)24)22(5)20-15/h6-9,12-14H,10-11H2,1-5H3,(H2,23,25,29);6-11H,1-5H3,(H,23,24)(H2,19,21,25). The number of alkyl halides is 1. The Morgan fingerprint density at radius 3 is 1.28 bits per heavy atom. The van der Waals surface area contributed by atoms with Gasteiger partial charge in [0.15, 0.2) is 10.1 Å². The molecule has 2 aromatic carbocycles. The third-order valence-electron chi connectivity index (χ3n) is 9.50. The second kappa shape index (κ2) is 18.6. The van der Waals surface area contributed by atoms with Gasteiger partial charge in [0, 0.05) is 37.6 Å². The number of sulfonamides is 2. The highest BCUT2D eigenvalue weighted by Gasteiger charge is 2.34. The molecule has 4 aromatic rings. The molecule has 60 heavy (non-hydrogen) atoms. The number of hydrogen-bond donors (Lipinski definition) is 5. The van der Waals surface area contributed by atoms with E-state index in [0.29, 0.717) is 11.4 Å². The fourth-order valence-corrected chi connectivity index (χ4v) is 8.11. The van der Waals surface area contributed by atoms with E-state index >= 15 is 0 Å². The Labute approximate surface area is 349 Å². The van der Waals surface area contributed by atoms with Crippen LogP contribution < -0.4 is 20.1 Å². The number of amides is 5. The Balaban J connectivity index is 0.000000267. The smallest absolute Gasteiger partial charge is 0.354 e. The quantitative estimate of drug-likeness (QED) is 0.113. The fourth-order valence-electron chi connectivity index (χ4n) is 6.31. The highest BCUT2D eigenvalue weighted by molar-refractivity contribution is 7.90. The SMILES string of the molecule is CC(C)c1cccc(C(C)C)c1NC(=O)NS(=O)(=O)c1cc(C(=O)N2CC(F)C2)n(C)n1.CC(C)c1cccc(C(C)C)c1NC(=O)NS(=O)(=O)c1cc(C(=O)O)n(C)n1. The molecule has 0 saturated carbocycles. The van der Waals surface area contributed by atoms with Crippen LogP contribution in [0.2, 0.25) is 0 Å². The van der Waals surface area contributed by atoms with Gasteiger partial charge in [-0.05, 0) is 45.9 Å². The van der Waals surface area contributed by atoms with E-state index in [0.717, 1.165) is 43.8 Å². The molecule has 3 heterocycles. The van der Waals surface area contributed by atoms with Crippen molar-refractivity contribution in [1.29, 1.82) is 0 Å². The van der Waals surface area contributed by atoms with Crippen molar-refractivity contribution in [2.75, 3.05) is 23.7 Å². The highest BCUT2D eigenvalue weighted by atomic mass is 32.2. The fraction of sp³-hybridized carbons (Fsp3) is 0.436. The van der Waals surface area contributed by atoms with Gasteiger partial charge in [-0.1, -0.05) is 91.8 Å². The summed E-state index contributed by atoms with van der Waals surface area (Å²) in [6.07, 6.45) is -1.08. The molecule has 0 unspecified atom stereocenters. The Kier molecular flexibility index (Phi) is 14.5. The van der Waals surface area contributed by atoms with Crippen molar-refractivity contribution < 1.29 is 45.5 Å². The number of carboxylic acids is 1. The van der Waals surface area contributed by atoms with Crippen LogP contribution in [-0.2, 0) is 34.1 Å². The van der Waals surface area contributed by atoms with E-state index in [1.54, 1.807) is 0 Å². The van der Waals surface area contributed by atoms with Gasteiger partial charge in [0.2, 0.25) is 0 Å². The van der Waals surface area contributed by atoms with Crippen LogP contribution >= 0.6 is 0 Å². The lowest BCUT2D eigenvalue weighted by Crippen LogP contribution is -2.51. The predicted octanol–water partition coefficient (Wildman–Crippen LogP) is 5.85. The van der Waals surface area contributed by atoms with E-state index in [1.807, 2.05) is 101 Å². The first-order valence-electron chi connectivity index (χ1n) is 19.0. The number of carbonyl (C=O) groups is 4.